The molecule has 2 N–H and O–H groups in total. The van der Waals surface area contributed by atoms with Crippen molar-refractivity contribution in [1.82, 2.24) is 4.98 Å². The van der Waals surface area contributed by atoms with Crippen molar-refractivity contribution < 1.29 is 15.1 Å². The summed E-state index contributed by atoms with van der Waals surface area (Å²) in [6.07, 6.45) is 2.21. The Balaban J connectivity index is 2.00. The lowest BCUT2D eigenvalue weighted by Gasteiger charge is -2.21. The largest absolute Gasteiger partial charge is 0.481 e. The minimum absolute atomic E-state index is 0.00501. The van der Waals surface area contributed by atoms with Crippen LogP contribution in [0.1, 0.15) is 45.8 Å². The highest BCUT2D eigenvalue weighted by atomic mass is 16.4. The fourth-order valence-electron chi connectivity index (χ4n) is 3.56. The zero-order valence-corrected chi connectivity index (χ0v) is 16.5. The molecule has 5 heteroatoms. The van der Waals surface area contributed by atoms with Crippen LogP contribution < -0.4 is 0 Å². The summed E-state index contributed by atoms with van der Waals surface area (Å²) < 4.78 is 0. The van der Waals surface area contributed by atoms with E-state index < -0.39 is 5.97 Å². The van der Waals surface area contributed by atoms with E-state index in [2.05, 4.69) is 29.2 Å². The van der Waals surface area contributed by atoms with Crippen molar-refractivity contribution in [2.45, 2.75) is 32.6 Å². The highest BCUT2D eigenvalue weighted by Crippen LogP contribution is 2.32. The number of carboxylic acid groups (broad SMARTS) is 1. The Hall–Kier alpha value is -3.47. The normalized spacial score (nSPS) is 12.6. The quantitative estimate of drug-likeness (QED) is 0.348. The Bertz CT molecular complexity index is 1030. The number of hydrogen-bond donors (Lipinski definition) is 2. The van der Waals surface area contributed by atoms with Crippen LogP contribution in [0.2, 0.25) is 0 Å². The first kappa shape index (κ1) is 20.3. The summed E-state index contributed by atoms with van der Waals surface area (Å²) in [4.78, 5) is 15.2. The number of aliphatic carboxylic acids is 1. The van der Waals surface area contributed by atoms with Crippen LogP contribution in [0.4, 0.5) is 0 Å². The van der Waals surface area contributed by atoms with Crippen molar-refractivity contribution >= 4 is 11.7 Å². The van der Waals surface area contributed by atoms with E-state index in [0.717, 1.165) is 33.5 Å². The van der Waals surface area contributed by atoms with Crippen LogP contribution in [-0.2, 0) is 11.2 Å². The van der Waals surface area contributed by atoms with E-state index in [-0.39, 0.29) is 12.3 Å². The Kier molecular flexibility index (Phi) is 6.39. The van der Waals surface area contributed by atoms with E-state index in [0.29, 0.717) is 12.1 Å². The van der Waals surface area contributed by atoms with Crippen molar-refractivity contribution in [2.75, 3.05) is 0 Å². The fourth-order valence-corrected chi connectivity index (χ4v) is 3.56. The van der Waals surface area contributed by atoms with Gasteiger partial charge in [-0.25, -0.2) is 0 Å². The maximum Gasteiger partial charge on any atom is 0.307 e. The average molecular weight is 388 g/mol. The van der Waals surface area contributed by atoms with Gasteiger partial charge in [0.15, 0.2) is 0 Å². The lowest BCUT2D eigenvalue weighted by molar-refractivity contribution is -0.136. The molecule has 5 nitrogen and oxygen atoms in total. The molecular weight excluding hydrogens is 364 g/mol. The number of nitrogens with zero attached hydrogens (tertiary/aromatic N) is 2. The topological polar surface area (TPSA) is 82.8 Å². The summed E-state index contributed by atoms with van der Waals surface area (Å²) in [5.41, 5.74) is 6.36. The molecule has 3 aromatic rings. The summed E-state index contributed by atoms with van der Waals surface area (Å²) in [5.74, 6) is -0.884. The first-order valence-corrected chi connectivity index (χ1v) is 9.48. The smallest absolute Gasteiger partial charge is 0.307 e. The molecule has 0 bridgehead atoms. The summed E-state index contributed by atoms with van der Waals surface area (Å²) in [7, 11) is 0. The van der Waals surface area contributed by atoms with Crippen LogP contribution in [0.3, 0.4) is 0 Å². The van der Waals surface area contributed by atoms with Crippen molar-refractivity contribution in [3.05, 3.63) is 100 Å². The highest BCUT2D eigenvalue weighted by Gasteiger charge is 2.20. The van der Waals surface area contributed by atoms with Crippen molar-refractivity contribution in [3.8, 4) is 0 Å². The predicted molar refractivity (Wildman–Crippen MR) is 113 cm³/mol. The van der Waals surface area contributed by atoms with Gasteiger partial charge in [0.25, 0.3) is 0 Å². The Labute approximate surface area is 170 Å². The number of pyridine rings is 1. The van der Waals surface area contributed by atoms with Crippen LogP contribution in [0.25, 0.3) is 0 Å². The predicted octanol–water partition coefficient (Wildman–Crippen LogP) is 4.73. The van der Waals surface area contributed by atoms with Crippen molar-refractivity contribution in [1.29, 1.82) is 0 Å². The van der Waals surface area contributed by atoms with Gasteiger partial charge in [0, 0.05) is 29.8 Å². The molecule has 2 aromatic carbocycles. The number of aryl methyl sites for hydroxylation is 2. The number of aromatic nitrogens is 1. The van der Waals surface area contributed by atoms with Gasteiger partial charge >= 0.3 is 5.97 Å². The van der Waals surface area contributed by atoms with E-state index in [1.807, 2.05) is 55.5 Å². The SMILES string of the molecule is Cc1cc(/C(C[C@H](c2ccc(CC(=O)O)cc2)c2ccccc2C)=N\O)ccn1. The van der Waals surface area contributed by atoms with E-state index in [4.69, 9.17) is 5.11 Å². The summed E-state index contributed by atoms with van der Waals surface area (Å²) in [5, 5.41) is 22.3. The molecule has 0 amide bonds. The maximum absolute atomic E-state index is 11.0. The third kappa shape index (κ3) is 5.08. The van der Waals surface area contributed by atoms with E-state index >= 15 is 0 Å². The van der Waals surface area contributed by atoms with Crippen molar-refractivity contribution in [2.24, 2.45) is 5.16 Å². The van der Waals surface area contributed by atoms with Gasteiger partial charge < -0.3 is 10.3 Å². The molecule has 1 aromatic heterocycles. The van der Waals surface area contributed by atoms with E-state index in [1.165, 1.54) is 0 Å². The molecule has 148 valence electrons. The highest BCUT2D eigenvalue weighted by molar-refractivity contribution is 6.01. The van der Waals surface area contributed by atoms with Crippen LogP contribution in [0.5, 0.6) is 0 Å². The Morgan fingerprint density at radius 1 is 1.07 bits per heavy atom. The monoisotopic (exact) mass is 388 g/mol. The summed E-state index contributed by atoms with van der Waals surface area (Å²) in [6, 6.07) is 19.5. The van der Waals surface area contributed by atoms with Gasteiger partial charge in [-0.3, -0.25) is 9.78 Å². The second kappa shape index (κ2) is 9.15. The molecule has 3 rings (SSSR count). The summed E-state index contributed by atoms with van der Waals surface area (Å²) in [6.45, 7) is 3.96. The summed E-state index contributed by atoms with van der Waals surface area (Å²) >= 11 is 0. The standard InChI is InChI=1S/C24H24N2O3/c1-16-5-3-4-6-21(16)22(19-9-7-18(8-10-19)14-24(27)28)15-23(26-29)20-11-12-25-17(2)13-20/h3-13,22,29H,14-15H2,1-2H3,(H,27,28)/b26-23-/t22-/m1/s1. The van der Waals surface area contributed by atoms with Crippen LogP contribution >= 0.6 is 0 Å². The molecule has 0 saturated heterocycles. The molecule has 0 aliphatic rings. The van der Waals surface area contributed by atoms with Crippen LogP contribution in [-0.4, -0.2) is 27.0 Å². The number of carbonyl (C=O) groups is 1. The minimum atomic E-state index is -0.851. The molecule has 1 heterocycles. The number of hydrogen-bond acceptors (Lipinski definition) is 4. The second-order valence-corrected chi connectivity index (χ2v) is 7.16. The first-order chi connectivity index (χ1) is 14.0. The van der Waals surface area contributed by atoms with Gasteiger partial charge in [0.05, 0.1) is 12.1 Å². The van der Waals surface area contributed by atoms with E-state index in [1.54, 1.807) is 6.20 Å². The van der Waals surface area contributed by atoms with Crippen LogP contribution in [0.15, 0.2) is 72.0 Å². The zero-order valence-electron chi connectivity index (χ0n) is 16.5. The van der Waals surface area contributed by atoms with Gasteiger partial charge in [0.2, 0.25) is 0 Å². The third-order valence-corrected chi connectivity index (χ3v) is 5.05. The maximum atomic E-state index is 11.0. The van der Waals surface area contributed by atoms with Crippen molar-refractivity contribution in [3.63, 3.8) is 0 Å². The number of oxime groups is 1. The first-order valence-electron chi connectivity index (χ1n) is 9.48. The molecule has 0 fully saturated rings. The average Bonchev–Trinajstić information content (AvgIpc) is 2.70. The molecule has 0 aliphatic carbocycles. The van der Waals surface area contributed by atoms with Gasteiger partial charge in [-0.15, -0.1) is 0 Å². The molecule has 29 heavy (non-hydrogen) atoms. The molecular formula is C24H24N2O3. The lowest BCUT2D eigenvalue weighted by atomic mass is 9.83. The molecule has 0 radical (unpaired) electrons. The van der Waals surface area contributed by atoms with E-state index in [9.17, 15) is 10.0 Å². The van der Waals surface area contributed by atoms with Gasteiger partial charge in [-0.2, -0.15) is 0 Å². The minimum Gasteiger partial charge on any atom is -0.481 e. The molecule has 0 saturated carbocycles. The molecule has 0 unspecified atom stereocenters. The Morgan fingerprint density at radius 3 is 2.41 bits per heavy atom. The molecule has 0 aliphatic heterocycles. The zero-order chi connectivity index (χ0) is 20.8. The number of rotatable bonds is 7. The molecule has 1 atom stereocenters. The Morgan fingerprint density at radius 2 is 1.79 bits per heavy atom. The van der Waals surface area contributed by atoms with Crippen LogP contribution in [0, 0.1) is 13.8 Å². The lowest BCUT2D eigenvalue weighted by Crippen LogP contribution is -2.12. The van der Waals surface area contributed by atoms with Gasteiger partial charge in [-0.1, -0.05) is 53.7 Å². The number of carboxylic acids is 1. The third-order valence-electron chi connectivity index (χ3n) is 5.05. The van der Waals surface area contributed by atoms with Gasteiger partial charge in [-0.05, 0) is 48.2 Å². The second-order valence-electron chi connectivity index (χ2n) is 7.16. The molecule has 0 spiro atoms. The number of benzene rings is 2. The van der Waals surface area contributed by atoms with Gasteiger partial charge in [0.1, 0.15) is 0 Å². The fraction of sp³-hybridized carbons (Fsp3) is 0.208.